The van der Waals surface area contributed by atoms with Gasteiger partial charge in [-0.1, -0.05) is 85.9 Å². The Bertz CT molecular complexity index is 1200. The minimum atomic E-state index is -0.788. The van der Waals surface area contributed by atoms with E-state index in [1.54, 1.807) is 18.2 Å². The van der Waals surface area contributed by atoms with E-state index in [2.05, 4.69) is 35.1 Å². The fourth-order valence-electron chi connectivity index (χ4n) is 4.02. The average molecular weight is 620 g/mol. The van der Waals surface area contributed by atoms with Crippen molar-refractivity contribution in [1.82, 2.24) is 10.2 Å². The van der Waals surface area contributed by atoms with Crippen molar-refractivity contribution >= 4 is 50.9 Å². The third-order valence-electron chi connectivity index (χ3n) is 6.25. The number of carbonyl (C=O) groups excluding carboxylic acids is 2. The molecule has 0 aliphatic heterocycles. The van der Waals surface area contributed by atoms with Crippen molar-refractivity contribution in [3.8, 4) is 5.75 Å². The minimum Gasteiger partial charge on any atom is -0.483 e. The average Bonchev–Trinajstić information content (AvgIpc) is 2.91. The largest absolute Gasteiger partial charge is 0.483 e. The molecule has 0 spiro atoms. The van der Waals surface area contributed by atoms with Gasteiger partial charge in [0.15, 0.2) is 6.61 Å². The number of unbranched alkanes of at least 4 members (excludes halogenated alkanes) is 1. The van der Waals surface area contributed by atoms with Crippen LogP contribution in [-0.4, -0.2) is 35.9 Å². The fraction of sp³-hybridized carbons (Fsp3) is 0.333. The predicted molar refractivity (Wildman–Crippen MR) is 158 cm³/mol. The van der Waals surface area contributed by atoms with Gasteiger partial charge in [-0.25, -0.2) is 0 Å². The number of amides is 2. The van der Waals surface area contributed by atoms with Crippen LogP contribution < -0.4 is 10.1 Å². The van der Waals surface area contributed by atoms with Gasteiger partial charge in [0, 0.05) is 35.1 Å². The first-order valence-electron chi connectivity index (χ1n) is 12.8. The molecule has 0 saturated heterocycles. The molecule has 0 aliphatic rings. The molecule has 3 aromatic rings. The molecule has 38 heavy (non-hydrogen) atoms. The maximum absolute atomic E-state index is 13.8. The molecule has 0 bridgehead atoms. The molecule has 8 heteroatoms. The Labute approximate surface area is 243 Å². The molecule has 0 fully saturated rings. The van der Waals surface area contributed by atoms with E-state index < -0.39 is 6.04 Å². The van der Waals surface area contributed by atoms with E-state index in [1.165, 1.54) is 4.90 Å². The summed E-state index contributed by atoms with van der Waals surface area (Å²) in [7, 11) is 0. The molecular formula is C30H33BrCl2N2O3. The van der Waals surface area contributed by atoms with Crippen LogP contribution in [0.4, 0.5) is 0 Å². The fourth-order valence-corrected chi connectivity index (χ4v) is 5.08. The molecule has 3 aromatic carbocycles. The summed E-state index contributed by atoms with van der Waals surface area (Å²) in [6, 6.07) is 19.8. The van der Waals surface area contributed by atoms with Gasteiger partial charge in [0.05, 0.1) is 4.47 Å². The van der Waals surface area contributed by atoms with E-state index in [-0.39, 0.29) is 25.0 Å². The molecule has 5 nitrogen and oxygen atoms in total. The third-order valence-corrected chi connectivity index (χ3v) is 7.57. The molecule has 0 heterocycles. The van der Waals surface area contributed by atoms with Gasteiger partial charge in [0.25, 0.3) is 5.91 Å². The second-order valence-corrected chi connectivity index (χ2v) is 10.6. The van der Waals surface area contributed by atoms with Gasteiger partial charge >= 0.3 is 0 Å². The van der Waals surface area contributed by atoms with Crippen LogP contribution >= 0.6 is 39.1 Å². The molecular weight excluding hydrogens is 587 g/mol. The normalized spacial score (nSPS) is 11.6. The summed E-state index contributed by atoms with van der Waals surface area (Å²) >= 11 is 16.5. The molecule has 202 valence electrons. The van der Waals surface area contributed by atoms with E-state index in [0.717, 1.165) is 34.9 Å². The second kappa shape index (κ2) is 15.2. The smallest absolute Gasteiger partial charge is 0.261 e. The molecule has 0 aliphatic carbocycles. The zero-order valence-electron chi connectivity index (χ0n) is 21.7. The molecule has 0 radical (unpaired) electrons. The van der Waals surface area contributed by atoms with Crippen LogP contribution in [-0.2, 0) is 29.0 Å². The maximum Gasteiger partial charge on any atom is 0.261 e. The van der Waals surface area contributed by atoms with Gasteiger partial charge in [-0.3, -0.25) is 9.59 Å². The topological polar surface area (TPSA) is 58.6 Å². The van der Waals surface area contributed by atoms with E-state index in [9.17, 15) is 9.59 Å². The molecule has 1 N–H and O–H groups in total. The lowest BCUT2D eigenvalue weighted by molar-refractivity contribution is -0.142. The van der Waals surface area contributed by atoms with Gasteiger partial charge in [-0.15, -0.1) is 0 Å². The quantitative estimate of drug-likeness (QED) is 0.205. The summed E-state index contributed by atoms with van der Waals surface area (Å²) in [4.78, 5) is 28.8. The van der Waals surface area contributed by atoms with E-state index in [1.807, 2.05) is 48.5 Å². The molecule has 1 atom stereocenters. The number of halogens is 3. The number of rotatable bonds is 13. The van der Waals surface area contributed by atoms with Crippen molar-refractivity contribution in [2.45, 2.75) is 52.1 Å². The number of nitrogens with one attached hydrogen (secondary N) is 1. The van der Waals surface area contributed by atoms with Crippen LogP contribution in [0.15, 0.2) is 71.2 Å². The molecule has 3 rings (SSSR count). The Hall–Kier alpha value is -2.54. The standard InChI is InChI=1S/C30H33BrCl2N2O3/c1-3-5-16-34-30(37)27(18-22-10-7-6-8-11-22)35(19-23-25(32)12-9-13-26(23)33)29(36)20-38-28-15-14-21(4-2)17-24(28)31/h6-15,17,27H,3-5,16,18-20H2,1-2H3,(H,34,37)/t27-/m0/s1. The van der Waals surface area contributed by atoms with Crippen molar-refractivity contribution in [1.29, 1.82) is 0 Å². The van der Waals surface area contributed by atoms with Crippen LogP contribution in [0.5, 0.6) is 5.75 Å². The van der Waals surface area contributed by atoms with Crippen molar-refractivity contribution in [3.05, 3.63) is 97.9 Å². The lowest BCUT2D eigenvalue weighted by Gasteiger charge is -2.32. The van der Waals surface area contributed by atoms with Crippen molar-refractivity contribution in [3.63, 3.8) is 0 Å². The highest BCUT2D eigenvalue weighted by molar-refractivity contribution is 9.10. The molecule has 2 amide bonds. The summed E-state index contributed by atoms with van der Waals surface area (Å²) in [5.41, 5.74) is 2.67. The monoisotopic (exact) mass is 618 g/mol. The Balaban J connectivity index is 1.94. The minimum absolute atomic E-state index is 0.0648. The maximum atomic E-state index is 13.8. The molecule has 0 aromatic heterocycles. The van der Waals surface area contributed by atoms with Crippen LogP contribution in [0.2, 0.25) is 10.0 Å². The highest BCUT2D eigenvalue weighted by atomic mass is 79.9. The summed E-state index contributed by atoms with van der Waals surface area (Å²) in [6.45, 7) is 4.48. The number of benzene rings is 3. The zero-order valence-corrected chi connectivity index (χ0v) is 24.8. The Morgan fingerprint density at radius 3 is 2.32 bits per heavy atom. The van der Waals surface area contributed by atoms with Crippen LogP contribution in [0, 0.1) is 0 Å². The van der Waals surface area contributed by atoms with E-state index in [0.29, 0.717) is 34.3 Å². The lowest BCUT2D eigenvalue weighted by atomic mass is 10.0. The summed E-state index contributed by atoms with van der Waals surface area (Å²) in [6.07, 6.45) is 3.01. The first kappa shape index (κ1) is 30.0. The van der Waals surface area contributed by atoms with Gasteiger partial charge in [0.1, 0.15) is 11.8 Å². The first-order chi connectivity index (χ1) is 18.3. The number of hydrogen-bond donors (Lipinski definition) is 1. The van der Waals surface area contributed by atoms with Gasteiger partial charge in [0.2, 0.25) is 5.91 Å². The van der Waals surface area contributed by atoms with Crippen LogP contribution in [0.3, 0.4) is 0 Å². The van der Waals surface area contributed by atoms with Gasteiger partial charge < -0.3 is 15.0 Å². The van der Waals surface area contributed by atoms with Crippen molar-refractivity contribution in [2.75, 3.05) is 13.2 Å². The summed E-state index contributed by atoms with van der Waals surface area (Å²) in [5.74, 6) is -0.0235. The Kier molecular flexibility index (Phi) is 12.0. The summed E-state index contributed by atoms with van der Waals surface area (Å²) in [5, 5.41) is 3.86. The molecule has 0 unspecified atom stereocenters. The number of aryl methyl sites for hydroxylation is 1. The van der Waals surface area contributed by atoms with Gasteiger partial charge in [-0.05, 0) is 64.2 Å². The highest BCUT2D eigenvalue weighted by Crippen LogP contribution is 2.29. The Morgan fingerprint density at radius 1 is 0.974 bits per heavy atom. The Morgan fingerprint density at radius 2 is 1.68 bits per heavy atom. The molecule has 0 saturated carbocycles. The number of carbonyl (C=O) groups is 2. The van der Waals surface area contributed by atoms with Crippen molar-refractivity contribution in [2.24, 2.45) is 0 Å². The third kappa shape index (κ3) is 8.48. The van der Waals surface area contributed by atoms with E-state index in [4.69, 9.17) is 27.9 Å². The number of nitrogens with zero attached hydrogens (tertiary/aromatic N) is 1. The first-order valence-corrected chi connectivity index (χ1v) is 14.3. The number of ether oxygens (including phenoxy) is 1. The predicted octanol–water partition coefficient (Wildman–Crippen LogP) is 7.25. The summed E-state index contributed by atoms with van der Waals surface area (Å²) < 4.78 is 6.69. The van der Waals surface area contributed by atoms with Gasteiger partial charge in [-0.2, -0.15) is 0 Å². The van der Waals surface area contributed by atoms with Crippen molar-refractivity contribution < 1.29 is 14.3 Å². The number of hydrogen-bond acceptors (Lipinski definition) is 3. The lowest BCUT2D eigenvalue weighted by Crippen LogP contribution is -2.52. The van der Waals surface area contributed by atoms with Crippen LogP contribution in [0.1, 0.15) is 43.4 Å². The highest BCUT2D eigenvalue weighted by Gasteiger charge is 2.31. The van der Waals surface area contributed by atoms with Crippen LogP contribution in [0.25, 0.3) is 0 Å². The van der Waals surface area contributed by atoms with E-state index >= 15 is 0 Å². The second-order valence-electron chi connectivity index (χ2n) is 8.98. The SMILES string of the molecule is CCCCNC(=O)[C@H](Cc1ccccc1)N(Cc1c(Cl)cccc1Cl)C(=O)COc1ccc(CC)cc1Br. The zero-order chi connectivity index (χ0) is 27.5.